The minimum atomic E-state index is 0.0675. The third kappa shape index (κ3) is 1.51. The molecule has 0 bridgehead atoms. The maximum Gasteiger partial charge on any atom is 0.160 e. The molecular formula is C12H9ClO. The number of hydrogen-bond acceptors (Lipinski definition) is 1. The predicted molar refractivity (Wildman–Crippen MR) is 59.0 cm³/mol. The molecule has 0 N–H and O–H groups in total. The van der Waals surface area contributed by atoms with Gasteiger partial charge in [0, 0.05) is 10.6 Å². The number of benzene rings is 2. The van der Waals surface area contributed by atoms with Gasteiger partial charge in [0.05, 0.1) is 0 Å². The molecule has 0 saturated heterocycles. The lowest BCUT2D eigenvalue weighted by Gasteiger charge is -2.03. The summed E-state index contributed by atoms with van der Waals surface area (Å²) < 4.78 is 0. The predicted octanol–water partition coefficient (Wildman–Crippen LogP) is 3.70. The Bertz CT molecular complexity index is 503. The first-order valence-electron chi connectivity index (χ1n) is 4.38. The zero-order valence-electron chi connectivity index (χ0n) is 7.75. The topological polar surface area (TPSA) is 17.1 Å². The van der Waals surface area contributed by atoms with Crippen molar-refractivity contribution in [1.29, 1.82) is 0 Å². The quantitative estimate of drug-likeness (QED) is 0.648. The molecule has 0 aliphatic carbocycles. The van der Waals surface area contributed by atoms with Gasteiger partial charge in [-0.1, -0.05) is 35.9 Å². The summed E-state index contributed by atoms with van der Waals surface area (Å²) in [5.74, 6) is 0.0675. The molecule has 0 radical (unpaired) electrons. The molecule has 0 fully saturated rings. The first kappa shape index (κ1) is 9.22. The van der Waals surface area contributed by atoms with Crippen LogP contribution in [0.3, 0.4) is 0 Å². The Morgan fingerprint density at radius 1 is 1.21 bits per heavy atom. The summed E-state index contributed by atoms with van der Waals surface area (Å²) >= 11 is 5.88. The summed E-state index contributed by atoms with van der Waals surface area (Å²) in [6.45, 7) is 1.57. The van der Waals surface area contributed by atoms with Gasteiger partial charge in [0.2, 0.25) is 0 Å². The van der Waals surface area contributed by atoms with Crippen molar-refractivity contribution in [1.82, 2.24) is 0 Å². The van der Waals surface area contributed by atoms with Crippen LogP contribution in [0.1, 0.15) is 17.3 Å². The van der Waals surface area contributed by atoms with E-state index < -0.39 is 0 Å². The molecule has 0 aliphatic heterocycles. The van der Waals surface area contributed by atoms with Gasteiger partial charge in [0.15, 0.2) is 5.78 Å². The maximum absolute atomic E-state index is 11.3. The molecule has 0 atom stereocenters. The van der Waals surface area contributed by atoms with Crippen LogP contribution in [0.4, 0.5) is 0 Å². The van der Waals surface area contributed by atoms with Crippen LogP contribution in [0.2, 0.25) is 5.02 Å². The molecule has 0 unspecified atom stereocenters. The lowest BCUT2D eigenvalue weighted by Crippen LogP contribution is -1.92. The molecule has 0 spiro atoms. The van der Waals surface area contributed by atoms with Crippen molar-refractivity contribution in [3.8, 4) is 0 Å². The molecule has 14 heavy (non-hydrogen) atoms. The molecular weight excluding hydrogens is 196 g/mol. The van der Waals surface area contributed by atoms with E-state index in [1.807, 2.05) is 36.4 Å². The highest BCUT2D eigenvalue weighted by Crippen LogP contribution is 2.22. The van der Waals surface area contributed by atoms with Crippen LogP contribution in [0.5, 0.6) is 0 Å². The van der Waals surface area contributed by atoms with E-state index in [0.717, 1.165) is 16.3 Å². The van der Waals surface area contributed by atoms with Gasteiger partial charge in [-0.3, -0.25) is 4.79 Å². The highest BCUT2D eigenvalue weighted by Gasteiger charge is 2.04. The summed E-state index contributed by atoms with van der Waals surface area (Å²) in [6, 6.07) is 11.2. The van der Waals surface area contributed by atoms with Crippen LogP contribution < -0.4 is 0 Å². The van der Waals surface area contributed by atoms with E-state index in [0.29, 0.717) is 5.02 Å². The number of carbonyl (C=O) groups excluding carboxylic acids is 1. The first-order chi connectivity index (χ1) is 6.68. The fraction of sp³-hybridized carbons (Fsp3) is 0.0833. The molecule has 0 heterocycles. The van der Waals surface area contributed by atoms with Gasteiger partial charge in [0.25, 0.3) is 0 Å². The van der Waals surface area contributed by atoms with Crippen LogP contribution in [-0.4, -0.2) is 5.78 Å². The van der Waals surface area contributed by atoms with E-state index in [9.17, 15) is 4.79 Å². The van der Waals surface area contributed by atoms with Crippen molar-refractivity contribution < 1.29 is 4.79 Å². The normalized spacial score (nSPS) is 10.4. The third-order valence-electron chi connectivity index (χ3n) is 2.22. The van der Waals surface area contributed by atoms with Gasteiger partial charge in [-0.15, -0.1) is 0 Å². The lowest BCUT2D eigenvalue weighted by molar-refractivity contribution is 0.101. The average Bonchev–Trinajstić information content (AvgIpc) is 2.16. The minimum Gasteiger partial charge on any atom is -0.294 e. The Morgan fingerprint density at radius 2 is 2.00 bits per heavy atom. The number of carbonyl (C=O) groups is 1. The lowest BCUT2D eigenvalue weighted by atomic mass is 10.0. The maximum atomic E-state index is 11.3. The molecule has 2 aromatic carbocycles. The smallest absolute Gasteiger partial charge is 0.160 e. The van der Waals surface area contributed by atoms with Crippen LogP contribution in [0.25, 0.3) is 10.8 Å². The van der Waals surface area contributed by atoms with E-state index >= 15 is 0 Å². The van der Waals surface area contributed by atoms with E-state index in [2.05, 4.69) is 0 Å². The van der Waals surface area contributed by atoms with Gasteiger partial charge in [0.1, 0.15) is 0 Å². The number of fused-ring (bicyclic) bond motifs is 1. The Balaban J connectivity index is 2.84. The Hall–Kier alpha value is -1.34. The number of rotatable bonds is 1. The van der Waals surface area contributed by atoms with Crippen LogP contribution in [-0.2, 0) is 0 Å². The molecule has 2 rings (SSSR count). The van der Waals surface area contributed by atoms with Gasteiger partial charge in [-0.05, 0) is 29.8 Å². The largest absolute Gasteiger partial charge is 0.294 e. The third-order valence-corrected chi connectivity index (χ3v) is 2.46. The fourth-order valence-electron chi connectivity index (χ4n) is 1.55. The van der Waals surface area contributed by atoms with Crippen LogP contribution in [0.15, 0.2) is 36.4 Å². The molecule has 1 nitrogen and oxygen atoms in total. The van der Waals surface area contributed by atoms with Gasteiger partial charge in [-0.25, -0.2) is 0 Å². The Kier molecular flexibility index (Phi) is 2.26. The number of Topliss-reactive ketones (excluding diaryl/α,β-unsaturated/α-hetero) is 1. The number of hydrogen-bond donors (Lipinski definition) is 0. The SMILES string of the molecule is CC(=O)c1cccc2ccc(Cl)cc12. The second-order valence-corrected chi connectivity index (χ2v) is 3.66. The summed E-state index contributed by atoms with van der Waals surface area (Å²) in [6.07, 6.45) is 0. The first-order valence-corrected chi connectivity index (χ1v) is 4.75. The van der Waals surface area contributed by atoms with Gasteiger partial charge >= 0.3 is 0 Å². The van der Waals surface area contributed by atoms with Crippen molar-refractivity contribution in [3.05, 3.63) is 47.0 Å². The summed E-state index contributed by atoms with van der Waals surface area (Å²) in [4.78, 5) is 11.3. The van der Waals surface area contributed by atoms with E-state index in [1.54, 1.807) is 6.92 Å². The van der Waals surface area contributed by atoms with Crippen molar-refractivity contribution in [2.45, 2.75) is 6.92 Å². The second kappa shape index (κ2) is 3.43. The summed E-state index contributed by atoms with van der Waals surface area (Å²) in [5.41, 5.74) is 0.727. The Labute approximate surface area is 87.3 Å². The van der Waals surface area contributed by atoms with Crippen molar-refractivity contribution in [2.24, 2.45) is 0 Å². The minimum absolute atomic E-state index is 0.0675. The van der Waals surface area contributed by atoms with Crippen LogP contribution in [0, 0.1) is 0 Å². The zero-order valence-corrected chi connectivity index (χ0v) is 8.51. The highest BCUT2D eigenvalue weighted by atomic mass is 35.5. The number of ketones is 1. The Morgan fingerprint density at radius 3 is 2.71 bits per heavy atom. The molecule has 0 aliphatic rings. The standard InChI is InChI=1S/C12H9ClO/c1-8(14)11-4-2-3-9-5-6-10(13)7-12(9)11/h2-7H,1H3. The highest BCUT2D eigenvalue weighted by molar-refractivity contribution is 6.31. The van der Waals surface area contributed by atoms with E-state index in [1.165, 1.54) is 0 Å². The van der Waals surface area contributed by atoms with E-state index in [4.69, 9.17) is 11.6 Å². The van der Waals surface area contributed by atoms with Crippen molar-refractivity contribution in [2.75, 3.05) is 0 Å². The van der Waals surface area contributed by atoms with Crippen molar-refractivity contribution in [3.63, 3.8) is 0 Å². The molecule has 2 aromatic rings. The molecule has 2 heteroatoms. The zero-order chi connectivity index (χ0) is 10.1. The van der Waals surface area contributed by atoms with Crippen molar-refractivity contribution >= 4 is 28.2 Å². The van der Waals surface area contributed by atoms with Gasteiger partial charge in [-0.2, -0.15) is 0 Å². The molecule has 0 saturated carbocycles. The molecule has 0 amide bonds. The average molecular weight is 205 g/mol. The van der Waals surface area contributed by atoms with Crippen LogP contribution >= 0.6 is 11.6 Å². The molecule has 0 aromatic heterocycles. The summed E-state index contributed by atoms with van der Waals surface area (Å²) in [7, 11) is 0. The monoisotopic (exact) mass is 204 g/mol. The fourth-order valence-corrected chi connectivity index (χ4v) is 1.72. The van der Waals surface area contributed by atoms with E-state index in [-0.39, 0.29) is 5.78 Å². The summed E-state index contributed by atoms with van der Waals surface area (Å²) in [5, 5.41) is 2.63. The molecule has 70 valence electrons. The van der Waals surface area contributed by atoms with Gasteiger partial charge < -0.3 is 0 Å². The second-order valence-electron chi connectivity index (χ2n) is 3.23. The number of halogens is 1.